The smallest absolute Gasteiger partial charge is 0.419 e. The second-order valence-electron chi connectivity index (χ2n) is 9.92. The van der Waals surface area contributed by atoms with Gasteiger partial charge in [0.2, 0.25) is 0 Å². The molecule has 5 heterocycles. The largest absolute Gasteiger partial charge is 0.462 e. The summed E-state index contributed by atoms with van der Waals surface area (Å²) in [6, 6.07) is 21.0. The molecule has 7 nitrogen and oxygen atoms in total. The molecule has 0 aliphatic rings. The Bertz CT molecular complexity index is 2150. The molecular formula is C32H21F3N6OS2. The van der Waals surface area contributed by atoms with Gasteiger partial charge in [-0.1, -0.05) is 41.7 Å². The minimum absolute atomic E-state index is 0.173. The molecule has 0 saturated heterocycles. The number of aromatic nitrogens is 6. The van der Waals surface area contributed by atoms with E-state index in [1.165, 1.54) is 11.3 Å². The number of thiazole rings is 1. The highest BCUT2D eigenvalue weighted by Gasteiger charge is 2.31. The number of nitrogens with zero attached hydrogens (tertiary/aromatic N) is 6. The molecule has 12 heteroatoms. The van der Waals surface area contributed by atoms with E-state index in [0.29, 0.717) is 21.7 Å². The highest BCUT2D eigenvalue weighted by molar-refractivity contribution is 7.98. The molecule has 0 bridgehead atoms. The van der Waals surface area contributed by atoms with E-state index in [-0.39, 0.29) is 5.82 Å². The second kappa shape index (κ2) is 11.1. The number of para-hydroxylation sites is 1. The van der Waals surface area contributed by atoms with Gasteiger partial charge in [0.1, 0.15) is 16.5 Å². The van der Waals surface area contributed by atoms with Gasteiger partial charge in [0, 0.05) is 46.1 Å². The lowest BCUT2D eigenvalue weighted by Gasteiger charge is -2.17. The van der Waals surface area contributed by atoms with Gasteiger partial charge in [0.25, 0.3) is 5.19 Å². The van der Waals surface area contributed by atoms with Gasteiger partial charge in [-0.15, -0.1) is 11.8 Å². The molecule has 44 heavy (non-hydrogen) atoms. The number of pyridine rings is 3. The average molecular weight is 627 g/mol. The molecule has 1 atom stereocenters. The monoisotopic (exact) mass is 626 g/mol. The minimum atomic E-state index is -4.52. The van der Waals surface area contributed by atoms with E-state index in [4.69, 9.17) is 14.7 Å². The molecule has 0 unspecified atom stereocenters. The second-order valence-corrected chi connectivity index (χ2v) is 11.7. The Hall–Kier alpha value is -4.68. The molecule has 0 radical (unpaired) electrons. The lowest BCUT2D eigenvalue weighted by atomic mass is 9.98. The summed E-state index contributed by atoms with van der Waals surface area (Å²) in [5.74, 6) is 0.173. The van der Waals surface area contributed by atoms with Crippen LogP contribution in [0.3, 0.4) is 0 Å². The van der Waals surface area contributed by atoms with Crippen LogP contribution in [0.4, 0.5) is 13.2 Å². The fourth-order valence-corrected chi connectivity index (χ4v) is 6.12. The summed E-state index contributed by atoms with van der Waals surface area (Å²) >= 11 is 2.93. The Morgan fingerprint density at radius 2 is 1.66 bits per heavy atom. The van der Waals surface area contributed by atoms with Crippen molar-refractivity contribution in [2.75, 3.05) is 6.26 Å². The van der Waals surface area contributed by atoms with Crippen LogP contribution in [0.15, 0.2) is 90.3 Å². The van der Waals surface area contributed by atoms with Crippen molar-refractivity contribution in [2.45, 2.75) is 24.2 Å². The molecule has 0 amide bonds. The molecule has 0 aliphatic heterocycles. The molecule has 7 aromatic rings. The van der Waals surface area contributed by atoms with Gasteiger partial charge in [0.05, 0.1) is 27.3 Å². The number of fused-ring (bicyclic) bond motifs is 3. The van der Waals surface area contributed by atoms with Crippen LogP contribution in [-0.2, 0) is 6.18 Å². The van der Waals surface area contributed by atoms with Gasteiger partial charge in [-0.25, -0.2) is 29.9 Å². The number of alkyl halides is 3. The summed E-state index contributed by atoms with van der Waals surface area (Å²) < 4.78 is 45.8. The van der Waals surface area contributed by atoms with Crippen LogP contribution in [0.2, 0.25) is 0 Å². The summed E-state index contributed by atoms with van der Waals surface area (Å²) in [6.07, 6.45) is 0.396. The molecule has 0 aliphatic carbocycles. The summed E-state index contributed by atoms with van der Waals surface area (Å²) in [4.78, 5) is 27.6. The maximum atomic E-state index is 13.1. The lowest BCUT2D eigenvalue weighted by molar-refractivity contribution is -0.138. The Balaban J connectivity index is 1.25. The van der Waals surface area contributed by atoms with Gasteiger partial charge < -0.3 is 4.74 Å². The molecule has 7 rings (SSSR count). The van der Waals surface area contributed by atoms with Crippen molar-refractivity contribution in [3.05, 3.63) is 96.4 Å². The Morgan fingerprint density at radius 1 is 0.841 bits per heavy atom. The van der Waals surface area contributed by atoms with Crippen LogP contribution in [0.5, 0.6) is 5.19 Å². The van der Waals surface area contributed by atoms with Gasteiger partial charge in [-0.2, -0.15) is 13.2 Å². The standard InChI is InChI=1S/C32H21F3N6OS2/c1-17(42-31-41-26-11-10-25(40-30(26)44-31)19-7-12-27(43-2)36-14-19)21-8-9-22(29-37-15-20(16-38-29)32(33,34)35)23-13-18-5-3-4-6-24(18)39-28(21)23/h3-17H,1-2H3/t17-/m0/s1. The quantitative estimate of drug-likeness (QED) is 0.134. The van der Waals surface area contributed by atoms with Gasteiger partial charge in [-0.05, 0) is 49.6 Å². The first kappa shape index (κ1) is 28.1. The first-order valence-electron chi connectivity index (χ1n) is 13.4. The van der Waals surface area contributed by atoms with Crippen molar-refractivity contribution in [3.8, 4) is 27.8 Å². The maximum absolute atomic E-state index is 13.1. The summed E-state index contributed by atoms with van der Waals surface area (Å²) in [5.41, 5.74) is 4.29. The van der Waals surface area contributed by atoms with E-state index in [1.54, 1.807) is 17.8 Å². The first-order chi connectivity index (χ1) is 21.3. The van der Waals surface area contributed by atoms with Gasteiger partial charge in [0.15, 0.2) is 5.82 Å². The van der Waals surface area contributed by atoms with E-state index < -0.39 is 17.8 Å². The predicted octanol–water partition coefficient (Wildman–Crippen LogP) is 8.79. The third kappa shape index (κ3) is 5.31. The Morgan fingerprint density at radius 3 is 2.41 bits per heavy atom. The summed E-state index contributed by atoms with van der Waals surface area (Å²) in [6.45, 7) is 1.91. The van der Waals surface area contributed by atoms with Crippen molar-refractivity contribution in [1.82, 2.24) is 29.9 Å². The van der Waals surface area contributed by atoms with Crippen LogP contribution in [0, 0.1) is 0 Å². The third-order valence-corrected chi connectivity index (χ3v) is 8.65. The molecule has 0 N–H and O–H groups in total. The van der Waals surface area contributed by atoms with Crippen LogP contribution in [0.25, 0.3) is 54.8 Å². The summed E-state index contributed by atoms with van der Waals surface area (Å²) in [7, 11) is 0. The first-order valence-corrected chi connectivity index (χ1v) is 15.5. The SMILES string of the molecule is CSc1ccc(-c2ccc3nc(O[C@@H](C)c4ccc(-c5ncc(C(F)(F)F)cn5)c5cc6ccccc6nc45)sc3n2)cn1. The van der Waals surface area contributed by atoms with Crippen molar-refractivity contribution >= 4 is 55.3 Å². The summed E-state index contributed by atoms with van der Waals surface area (Å²) in [5, 5.41) is 2.97. The molecule has 0 spiro atoms. The number of thioether (sulfide) groups is 1. The average Bonchev–Trinajstić information content (AvgIpc) is 3.44. The van der Waals surface area contributed by atoms with Gasteiger partial charge in [-0.3, -0.25) is 0 Å². The zero-order chi connectivity index (χ0) is 30.4. The van der Waals surface area contributed by atoms with E-state index in [1.807, 2.05) is 80.0 Å². The highest BCUT2D eigenvalue weighted by Crippen LogP contribution is 2.37. The number of benzene rings is 2. The number of ether oxygens (including phenoxy) is 1. The number of halogens is 3. The van der Waals surface area contributed by atoms with Crippen LogP contribution in [-0.4, -0.2) is 36.2 Å². The van der Waals surface area contributed by atoms with Crippen LogP contribution >= 0.6 is 23.1 Å². The highest BCUT2D eigenvalue weighted by atomic mass is 32.2. The van der Waals surface area contributed by atoms with E-state index in [2.05, 4.69) is 19.9 Å². The fraction of sp³-hybridized carbons (Fsp3) is 0.125. The predicted molar refractivity (Wildman–Crippen MR) is 167 cm³/mol. The molecule has 2 aromatic carbocycles. The van der Waals surface area contributed by atoms with Crippen molar-refractivity contribution < 1.29 is 17.9 Å². The van der Waals surface area contributed by atoms with Crippen LogP contribution in [0.1, 0.15) is 24.2 Å². The number of hydrogen-bond acceptors (Lipinski definition) is 9. The van der Waals surface area contributed by atoms with E-state index >= 15 is 0 Å². The fourth-order valence-electron chi connectivity index (χ4n) is 4.90. The zero-order valence-corrected chi connectivity index (χ0v) is 24.8. The van der Waals surface area contributed by atoms with Gasteiger partial charge >= 0.3 is 6.18 Å². The van der Waals surface area contributed by atoms with E-state index in [9.17, 15) is 13.2 Å². The van der Waals surface area contributed by atoms with Crippen molar-refractivity contribution in [2.24, 2.45) is 0 Å². The molecular weight excluding hydrogens is 606 g/mol. The lowest BCUT2D eigenvalue weighted by Crippen LogP contribution is -2.07. The third-order valence-electron chi connectivity index (χ3n) is 7.13. The van der Waals surface area contributed by atoms with E-state index in [0.717, 1.165) is 55.5 Å². The van der Waals surface area contributed by atoms with Crippen molar-refractivity contribution in [3.63, 3.8) is 0 Å². The maximum Gasteiger partial charge on any atom is 0.419 e. The molecule has 5 aromatic heterocycles. The zero-order valence-electron chi connectivity index (χ0n) is 23.2. The molecule has 218 valence electrons. The molecule has 0 saturated carbocycles. The molecule has 0 fully saturated rings. The Labute approximate surface area is 257 Å². The van der Waals surface area contributed by atoms with Crippen LogP contribution < -0.4 is 4.74 Å². The Kier molecular flexibility index (Phi) is 7.10. The number of hydrogen-bond donors (Lipinski definition) is 0. The number of rotatable bonds is 6. The minimum Gasteiger partial charge on any atom is -0.462 e. The van der Waals surface area contributed by atoms with Crippen molar-refractivity contribution in [1.29, 1.82) is 0 Å². The topological polar surface area (TPSA) is 86.6 Å². The normalized spacial score (nSPS) is 12.7.